The summed E-state index contributed by atoms with van der Waals surface area (Å²) in [5.41, 5.74) is 3.32. The molecule has 0 N–H and O–H groups in total. The van der Waals surface area contributed by atoms with Crippen LogP contribution in [0.3, 0.4) is 0 Å². The minimum atomic E-state index is -3.53. The Kier molecular flexibility index (Phi) is 5.21. The second-order valence-corrected chi connectivity index (χ2v) is 10.1. The van der Waals surface area contributed by atoms with Crippen LogP contribution in [0.2, 0.25) is 0 Å². The fraction of sp³-hybridized carbons (Fsp3) is 0.217. The molecule has 144 valence electrons. The SMILES string of the molecule is CCCCN1c2ccccc2Sc2cc(S(=O)(=O)c3ccc(C)cc3)ccc21. The number of para-hydroxylation sites is 1. The fourth-order valence-corrected chi connectivity index (χ4v) is 5.89. The molecule has 28 heavy (non-hydrogen) atoms. The zero-order valence-electron chi connectivity index (χ0n) is 16.1. The van der Waals surface area contributed by atoms with Crippen molar-refractivity contribution in [3.63, 3.8) is 0 Å². The molecule has 5 heteroatoms. The molecule has 0 spiro atoms. The molecule has 3 aromatic rings. The Hall–Kier alpha value is -2.24. The summed E-state index contributed by atoms with van der Waals surface area (Å²) in [4.78, 5) is 5.14. The van der Waals surface area contributed by atoms with Crippen molar-refractivity contribution < 1.29 is 8.42 Å². The molecule has 0 saturated heterocycles. The normalized spacial score (nSPS) is 13.1. The van der Waals surface area contributed by atoms with E-state index in [4.69, 9.17) is 0 Å². The highest BCUT2D eigenvalue weighted by molar-refractivity contribution is 7.99. The molecule has 3 nitrogen and oxygen atoms in total. The van der Waals surface area contributed by atoms with E-state index in [1.807, 2.05) is 37.3 Å². The monoisotopic (exact) mass is 409 g/mol. The third kappa shape index (κ3) is 3.45. The summed E-state index contributed by atoms with van der Waals surface area (Å²) in [5.74, 6) is 0. The third-order valence-corrected chi connectivity index (χ3v) is 7.85. The number of nitrogens with zero attached hydrogens (tertiary/aromatic N) is 1. The molecule has 3 aromatic carbocycles. The smallest absolute Gasteiger partial charge is 0.206 e. The molecule has 0 atom stereocenters. The summed E-state index contributed by atoms with van der Waals surface area (Å²) in [7, 11) is -3.53. The van der Waals surface area contributed by atoms with Crippen molar-refractivity contribution in [2.45, 2.75) is 46.3 Å². The van der Waals surface area contributed by atoms with Gasteiger partial charge in [0.2, 0.25) is 9.84 Å². The lowest BCUT2D eigenvalue weighted by atomic mass is 10.2. The van der Waals surface area contributed by atoms with Crippen LogP contribution in [0.1, 0.15) is 25.3 Å². The minimum absolute atomic E-state index is 0.335. The summed E-state index contributed by atoms with van der Waals surface area (Å²) >= 11 is 1.64. The van der Waals surface area contributed by atoms with E-state index >= 15 is 0 Å². The molecule has 0 bridgehead atoms. The van der Waals surface area contributed by atoms with Crippen LogP contribution in [0, 0.1) is 6.92 Å². The van der Waals surface area contributed by atoms with Crippen molar-refractivity contribution in [1.82, 2.24) is 0 Å². The van der Waals surface area contributed by atoms with Gasteiger partial charge in [-0.05, 0) is 55.8 Å². The zero-order valence-corrected chi connectivity index (χ0v) is 17.7. The zero-order chi connectivity index (χ0) is 19.7. The Morgan fingerprint density at radius 1 is 0.857 bits per heavy atom. The molecule has 0 amide bonds. The van der Waals surface area contributed by atoms with Crippen LogP contribution in [0.25, 0.3) is 0 Å². The third-order valence-electron chi connectivity index (χ3n) is 4.97. The Morgan fingerprint density at radius 2 is 1.54 bits per heavy atom. The van der Waals surface area contributed by atoms with Gasteiger partial charge in [-0.15, -0.1) is 0 Å². The van der Waals surface area contributed by atoms with Crippen LogP contribution < -0.4 is 4.90 Å². The first-order valence-electron chi connectivity index (χ1n) is 9.51. The quantitative estimate of drug-likeness (QED) is 0.500. The first-order valence-corrected chi connectivity index (χ1v) is 11.8. The van der Waals surface area contributed by atoms with Crippen LogP contribution in [0.5, 0.6) is 0 Å². The molecule has 0 radical (unpaired) electrons. The van der Waals surface area contributed by atoms with Gasteiger partial charge in [0.1, 0.15) is 0 Å². The second kappa shape index (κ2) is 7.64. The highest BCUT2D eigenvalue weighted by atomic mass is 32.2. The number of rotatable bonds is 5. The first kappa shape index (κ1) is 19.1. The minimum Gasteiger partial charge on any atom is -0.340 e. The predicted molar refractivity (Wildman–Crippen MR) is 116 cm³/mol. The van der Waals surface area contributed by atoms with Crippen LogP contribution in [-0.2, 0) is 9.84 Å². The summed E-state index contributed by atoms with van der Waals surface area (Å²) in [5, 5.41) is 0. The Bertz CT molecular complexity index is 1110. The molecule has 0 saturated carbocycles. The van der Waals surface area contributed by atoms with Gasteiger partial charge in [0, 0.05) is 16.3 Å². The molecule has 0 aromatic heterocycles. The molecule has 0 fully saturated rings. The van der Waals surface area contributed by atoms with E-state index in [0.717, 1.165) is 40.4 Å². The molecule has 1 aliphatic heterocycles. The Balaban J connectivity index is 1.77. The Labute approximate surface area is 171 Å². The van der Waals surface area contributed by atoms with Gasteiger partial charge in [-0.2, -0.15) is 0 Å². The summed E-state index contributed by atoms with van der Waals surface area (Å²) in [6.45, 7) is 5.06. The number of benzene rings is 3. The van der Waals surface area contributed by atoms with E-state index in [9.17, 15) is 8.42 Å². The maximum Gasteiger partial charge on any atom is 0.206 e. The van der Waals surface area contributed by atoms with Crippen molar-refractivity contribution in [3.05, 3.63) is 72.3 Å². The number of hydrogen-bond acceptors (Lipinski definition) is 4. The second-order valence-electron chi connectivity index (χ2n) is 7.02. The largest absolute Gasteiger partial charge is 0.340 e. The highest BCUT2D eigenvalue weighted by Crippen LogP contribution is 2.48. The molecule has 4 rings (SSSR count). The van der Waals surface area contributed by atoms with Gasteiger partial charge in [0.05, 0.1) is 21.2 Å². The number of sulfone groups is 1. The van der Waals surface area contributed by atoms with Crippen LogP contribution in [0.15, 0.2) is 86.3 Å². The van der Waals surface area contributed by atoms with E-state index in [-0.39, 0.29) is 0 Å². The number of aryl methyl sites for hydroxylation is 1. The lowest BCUT2D eigenvalue weighted by Crippen LogP contribution is -2.22. The standard InChI is InChI=1S/C23H23NO2S2/c1-3-4-15-24-20-7-5-6-8-22(20)27-23-16-19(13-14-21(23)24)28(25,26)18-11-9-17(2)10-12-18/h5-14,16H,3-4,15H2,1-2H3. The van der Waals surface area contributed by atoms with Crippen molar-refractivity contribution in [2.24, 2.45) is 0 Å². The number of unbranched alkanes of at least 4 members (excludes halogenated alkanes) is 1. The van der Waals surface area contributed by atoms with E-state index in [2.05, 4.69) is 30.0 Å². The number of anilines is 2. The van der Waals surface area contributed by atoms with Crippen LogP contribution in [0.4, 0.5) is 11.4 Å². The van der Waals surface area contributed by atoms with Crippen LogP contribution >= 0.6 is 11.8 Å². The van der Waals surface area contributed by atoms with Gasteiger partial charge in [0.25, 0.3) is 0 Å². The average molecular weight is 410 g/mol. The van der Waals surface area contributed by atoms with Gasteiger partial charge in [-0.3, -0.25) is 0 Å². The van der Waals surface area contributed by atoms with Gasteiger partial charge in [-0.1, -0.05) is 54.9 Å². The molecule has 1 aliphatic rings. The lowest BCUT2D eigenvalue weighted by Gasteiger charge is -2.33. The Morgan fingerprint density at radius 3 is 2.29 bits per heavy atom. The molecule has 0 aliphatic carbocycles. The number of hydrogen-bond donors (Lipinski definition) is 0. The molecular formula is C23H23NO2S2. The van der Waals surface area contributed by atoms with Crippen molar-refractivity contribution in [3.8, 4) is 0 Å². The number of fused-ring (bicyclic) bond motifs is 2. The van der Waals surface area contributed by atoms with Crippen LogP contribution in [-0.4, -0.2) is 15.0 Å². The lowest BCUT2D eigenvalue weighted by molar-refractivity contribution is 0.596. The first-order chi connectivity index (χ1) is 13.5. The maximum absolute atomic E-state index is 13.1. The van der Waals surface area contributed by atoms with Gasteiger partial charge < -0.3 is 4.90 Å². The van der Waals surface area contributed by atoms with E-state index in [0.29, 0.717) is 9.79 Å². The average Bonchev–Trinajstić information content (AvgIpc) is 2.71. The molecule has 0 unspecified atom stereocenters. The van der Waals surface area contributed by atoms with E-state index in [1.54, 1.807) is 30.0 Å². The topological polar surface area (TPSA) is 37.4 Å². The summed E-state index contributed by atoms with van der Waals surface area (Å²) in [6.07, 6.45) is 2.20. The van der Waals surface area contributed by atoms with Gasteiger partial charge in [0.15, 0.2) is 0 Å². The van der Waals surface area contributed by atoms with Gasteiger partial charge >= 0.3 is 0 Å². The van der Waals surface area contributed by atoms with Gasteiger partial charge in [-0.25, -0.2) is 8.42 Å². The van der Waals surface area contributed by atoms with Crippen molar-refractivity contribution in [2.75, 3.05) is 11.4 Å². The molecule has 1 heterocycles. The maximum atomic E-state index is 13.1. The predicted octanol–water partition coefficient (Wildman–Crippen LogP) is 6.23. The van der Waals surface area contributed by atoms with Crippen molar-refractivity contribution >= 4 is 33.0 Å². The summed E-state index contributed by atoms with van der Waals surface area (Å²) < 4.78 is 26.2. The van der Waals surface area contributed by atoms with Crippen molar-refractivity contribution in [1.29, 1.82) is 0 Å². The van der Waals surface area contributed by atoms with E-state index in [1.165, 1.54) is 5.69 Å². The highest BCUT2D eigenvalue weighted by Gasteiger charge is 2.26. The molecular weight excluding hydrogens is 386 g/mol. The summed E-state index contributed by atoms with van der Waals surface area (Å²) in [6, 6.07) is 20.9. The fourth-order valence-electron chi connectivity index (χ4n) is 3.39. The van der Waals surface area contributed by atoms with E-state index < -0.39 is 9.84 Å².